The van der Waals surface area contributed by atoms with Gasteiger partial charge in [0, 0.05) is 19.5 Å². The average molecular weight is 439 g/mol. The Hall–Kier alpha value is -3.26. The SMILES string of the molecule is O=C(COc1ccc(F)cc1)N1CCCC(c2nc(CCOCc3ccccc3)no2)C1. The number of likely N-dealkylation sites (tertiary alicyclic amines) is 1. The smallest absolute Gasteiger partial charge is 0.260 e. The number of rotatable bonds is 9. The van der Waals surface area contributed by atoms with Gasteiger partial charge in [-0.3, -0.25) is 4.79 Å². The highest BCUT2D eigenvalue weighted by Gasteiger charge is 2.28. The second-order valence-corrected chi connectivity index (χ2v) is 7.76. The molecule has 168 valence electrons. The van der Waals surface area contributed by atoms with E-state index in [-0.39, 0.29) is 24.2 Å². The molecule has 1 fully saturated rings. The summed E-state index contributed by atoms with van der Waals surface area (Å²) in [6, 6.07) is 15.6. The predicted molar refractivity (Wildman–Crippen MR) is 115 cm³/mol. The van der Waals surface area contributed by atoms with Crippen LogP contribution in [0.15, 0.2) is 59.1 Å². The Bertz CT molecular complexity index is 994. The van der Waals surface area contributed by atoms with Crippen LogP contribution in [0.5, 0.6) is 5.75 Å². The number of carbonyl (C=O) groups excluding carboxylic acids is 1. The fourth-order valence-electron chi connectivity index (χ4n) is 3.63. The van der Waals surface area contributed by atoms with Crippen LogP contribution in [0.25, 0.3) is 0 Å². The molecular weight excluding hydrogens is 413 g/mol. The number of piperidine rings is 1. The third kappa shape index (κ3) is 6.13. The number of hydrogen-bond acceptors (Lipinski definition) is 6. The van der Waals surface area contributed by atoms with Gasteiger partial charge in [-0.1, -0.05) is 35.5 Å². The number of nitrogens with zero attached hydrogens (tertiary/aromatic N) is 3. The molecule has 1 unspecified atom stereocenters. The van der Waals surface area contributed by atoms with Crippen molar-refractivity contribution in [2.24, 2.45) is 0 Å². The Morgan fingerprint density at radius 2 is 1.97 bits per heavy atom. The number of amides is 1. The van der Waals surface area contributed by atoms with Crippen molar-refractivity contribution < 1.29 is 23.2 Å². The molecule has 0 aliphatic carbocycles. The Balaban J connectivity index is 1.22. The Morgan fingerprint density at radius 3 is 2.78 bits per heavy atom. The number of ether oxygens (including phenoxy) is 2. The van der Waals surface area contributed by atoms with Gasteiger partial charge in [0.2, 0.25) is 5.89 Å². The summed E-state index contributed by atoms with van der Waals surface area (Å²) in [5, 5.41) is 4.06. The topological polar surface area (TPSA) is 77.7 Å². The highest BCUT2D eigenvalue weighted by Crippen LogP contribution is 2.26. The summed E-state index contributed by atoms with van der Waals surface area (Å²) < 4.78 is 29.6. The number of aromatic nitrogens is 2. The lowest BCUT2D eigenvalue weighted by Crippen LogP contribution is -2.41. The van der Waals surface area contributed by atoms with Crippen LogP contribution in [0.4, 0.5) is 4.39 Å². The van der Waals surface area contributed by atoms with Crippen LogP contribution in [0, 0.1) is 5.82 Å². The zero-order valence-electron chi connectivity index (χ0n) is 17.8. The van der Waals surface area contributed by atoms with E-state index in [0.29, 0.717) is 50.2 Å². The Morgan fingerprint density at radius 1 is 1.16 bits per heavy atom. The molecule has 0 saturated carbocycles. The highest BCUT2D eigenvalue weighted by molar-refractivity contribution is 5.78. The number of carbonyl (C=O) groups is 1. The second kappa shape index (κ2) is 10.9. The lowest BCUT2D eigenvalue weighted by atomic mass is 9.98. The first-order valence-electron chi connectivity index (χ1n) is 10.8. The zero-order chi connectivity index (χ0) is 22.2. The average Bonchev–Trinajstić information content (AvgIpc) is 3.31. The summed E-state index contributed by atoms with van der Waals surface area (Å²) in [6.07, 6.45) is 2.30. The van der Waals surface area contributed by atoms with Gasteiger partial charge in [0.1, 0.15) is 11.6 Å². The molecule has 1 aromatic heterocycles. The van der Waals surface area contributed by atoms with E-state index in [9.17, 15) is 9.18 Å². The van der Waals surface area contributed by atoms with E-state index >= 15 is 0 Å². The standard InChI is InChI=1S/C24H26FN3O4/c25-20-8-10-21(11-9-20)31-17-23(29)28-13-4-7-19(15-28)24-26-22(27-32-24)12-14-30-16-18-5-2-1-3-6-18/h1-3,5-6,8-11,19H,4,7,12-17H2. The van der Waals surface area contributed by atoms with Gasteiger partial charge in [0.05, 0.1) is 19.1 Å². The Labute approximate surface area is 186 Å². The van der Waals surface area contributed by atoms with Crippen molar-refractivity contribution in [1.82, 2.24) is 15.0 Å². The van der Waals surface area contributed by atoms with Gasteiger partial charge >= 0.3 is 0 Å². The third-order valence-corrected chi connectivity index (χ3v) is 5.36. The normalized spacial score (nSPS) is 16.2. The summed E-state index contributed by atoms with van der Waals surface area (Å²) in [6.45, 7) is 2.13. The van der Waals surface area contributed by atoms with Crippen molar-refractivity contribution in [2.45, 2.75) is 31.8 Å². The van der Waals surface area contributed by atoms with Crippen LogP contribution in [-0.4, -0.2) is 47.3 Å². The second-order valence-electron chi connectivity index (χ2n) is 7.76. The van der Waals surface area contributed by atoms with E-state index < -0.39 is 0 Å². The van der Waals surface area contributed by atoms with Gasteiger partial charge in [-0.25, -0.2) is 4.39 Å². The molecule has 0 bridgehead atoms. The van der Waals surface area contributed by atoms with E-state index in [2.05, 4.69) is 10.1 Å². The van der Waals surface area contributed by atoms with E-state index in [1.807, 2.05) is 30.3 Å². The van der Waals surface area contributed by atoms with Crippen molar-refractivity contribution in [2.75, 3.05) is 26.3 Å². The molecule has 1 amide bonds. The first-order chi connectivity index (χ1) is 15.7. The molecule has 1 aliphatic rings. The molecule has 32 heavy (non-hydrogen) atoms. The van der Waals surface area contributed by atoms with Gasteiger partial charge < -0.3 is 18.9 Å². The first kappa shape index (κ1) is 22.0. The molecule has 3 aromatic rings. The summed E-state index contributed by atoms with van der Waals surface area (Å²) in [7, 11) is 0. The van der Waals surface area contributed by atoms with Crippen molar-refractivity contribution in [3.63, 3.8) is 0 Å². The minimum Gasteiger partial charge on any atom is -0.484 e. The van der Waals surface area contributed by atoms with E-state index in [0.717, 1.165) is 18.4 Å². The first-order valence-corrected chi connectivity index (χ1v) is 10.8. The largest absolute Gasteiger partial charge is 0.484 e. The molecule has 8 heteroatoms. The molecule has 7 nitrogen and oxygen atoms in total. The van der Waals surface area contributed by atoms with Crippen molar-refractivity contribution >= 4 is 5.91 Å². The lowest BCUT2D eigenvalue weighted by molar-refractivity contribution is -0.134. The lowest BCUT2D eigenvalue weighted by Gasteiger charge is -2.30. The molecule has 1 aliphatic heterocycles. The molecule has 2 aromatic carbocycles. The number of benzene rings is 2. The van der Waals surface area contributed by atoms with Crippen LogP contribution in [-0.2, 0) is 22.6 Å². The maximum absolute atomic E-state index is 13.0. The molecular formula is C24H26FN3O4. The van der Waals surface area contributed by atoms with Gasteiger partial charge in [-0.2, -0.15) is 4.98 Å². The van der Waals surface area contributed by atoms with Crippen LogP contribution < -0.4 is 4.74 Å². The molecule has 4 rings (SSSR count). The van der Waals surface area contributed by atoms with E-state index in [4.69, 9.17) is 14.0 Å². The Kier molecular flexibility index (Phi) is 7.45. The summed E-state index contributed by atoms with van der Waals surface area (Å²) in [5.41, 5.74) is 1.12. The molecule has 1 saturated heterocycles. The fourth-order valence-corrected chi connectivity index (χ4v) is 3.63. The van der Waals surface area contributed by atoms with Gasteiger partial charge in [0.25, 0.3) is 5.91 Å². The third-order valence-electron chi connectivity index (χ3n) is 5.36. The summed E-state index contributed by atoms with van der Waals surface area (Å²) in [4.78, 5) is 18.8. The fraction of sp³-hybridized carbons (Fsp3) is 0.375. The summed E-state index contributed by atoms with van der Waals surface area (Å²) in [5.74, 6) is 1.17. The maximum Gasteiger partial charge on any atom is 0.260 e. The quantitative estimate of drug-likeness (QED) is 0.473. The van der Waals surface area contributed by atoms with Gasteiger partial charge in [-0.15, -0.1) is 0 Å². The van der Waals surface area contributed by atoms with E-state index in [1.165, 1.54) is 24.3 Å². The minimum atomic E-state index is -0.343. The molecule has 0 radical (unpaired) electrons. The molecule has 1 atom stereocenters. The van der Waals surface area contributed by atoms with Crippen molar-refractivity contribution in [3.8, 4) is 5.75 Å². The highest BCUT2D eigenvalue weighted by atomic mass is 19.1. The monoisotopic (exact) mass is 439 g/mol. The van der Waals surface area contributed by atoms with E-state index in [1.54, 1.807) is 4.90 Å². The number of hydrogen-bond donors (Lipinski definition) is 0. The maximum atomic E-state index is 13.0. The number of halogens is 1. The van der Waals surface area contributed by atoms with Gasteiger partial charge in [-0.05, 0) is 42.7 Å². The molecule has 0 spiro atoms. The van der Waals surface area contributed by atoms with Gasteiger partial charge in [0.15, 0.2) is 12.4 Å². The molecule has 2 heterocycles. The minimum absolute atomic E-state index is 0.00464. The van der Waals surface area contributed by atoms with Crippen molar-refractivity contribution in [1.29, 1.82) is 0 Å². The van der Waals surface area contributed by atoms with Crippen LogP contribution in [0.3, 0.4) is 0 Å². The van der Waals surface area contributed by atoms with Crippen LogP contribution >= 0.6 is 0 Å². The summed E-state index contributed by atoms with van der Waals surface area (Å²) >= 11 is 0. The van der Waals surface area contributed by atoms with Crippen LogP contribution in [0.2, 0.25) is 0 Å². The van der Waals surface area contributed by atoms with Crippen LogP contribution in [0.1, 0.15) is 36.0 Å². The molecule has 0 N–H and O–H groups in total. The van der Waals surface area contributed by atoms with Crippen molar-refractivity contribution in [3.05, 3.63) is 77.7 Å². The zero-order valence-corrected chi connectivity index (χ0v) is 17.8. The predicted octanol–water partition coefficient (Wildman–Crippen LogP) is 3.75.